The van der Waals surface area contributed by atoms with Gasteiger partial charge in [0.15, 0.2) is 17.5 Å². The van der Waals surface area contributed by atoms with Crippen molar-refractivity contribution >= 4 is 29.9 Å². The third-order valence-electron chi connectivity index (χ3n) is 6.09. The Morgan fingerprint density at radius 2 is 1.64 bits per heavy atom. The molecule has 0 amide bonds. The van der Waals surface area contributed by atoms with Crippen molar-refractivity contribution in [2.75, 3.05) is 41.5 Å². The maximum atomic E-state index is 5.54. The van der Waals surface area contributed by atoms with Crippen LogP contribution in [0.25, 0.3) is 0 Å². The fraction of sp³-hybridized carbons (Fsp3) is 0.667. The molecule has 28 heavy (non-hydrogen) atoms. The predicted molar refractivity (Wildman–Crippen MR) is 123 cm³/mol. The number of methoxy groups -OCH3 is 3. The molecule has 0 bridgehead atoms. The van der Waals surface area contributed by atoms with Crippen molar-refractivity contribution in [3.63, 3.8) is 0 Å². The minimum absolute atomic E-state index is 0. The quantitative estimate of drug-likeness (QED) is 0.373. The summed E-state index contributed by atoms with van der Waals surface area (Å²) in [6.45, 7) is 2.83. The Hall–Kier alpha value is -1.38. The standard InChI is InChI=1S/C21H33N3O3.HI/c1-22-20(24-11-10-21(15-24)8-6-5-7-9-21)23-14-16-12-18(26-3)19(27-4)13-17(16)25-2;/h12-13H,5-11,14-15H2,1-4H3,(H,22,23);1H. The van der Waals surface area contributed by atoms with E-state index in [1.807, 2.05) is 19.2 Å². The molecule has 1 spiro atoms. The highest BCUT2D eigenvalue weighted by molar-refractivity contribution is 14.0. The van der Waals surface area contributed by atoms with Crippen molar-refractivity contribution in [2.45, 2.75) is 45.1 Å². The summed E-state index contributed by atoms with van der Waals surface area (Å²) in [7, 11) is 6.81. The van der Waals surface area contributed by atoms with Crippen LogP contribution < -0.4 is 19.5 Å². The second-order valence-corrected chi connectivity index (χ2v) is 7.65. The molecule has 3 rings (SSSR count). The fourth-order valence-corrected chi connectivity index (χ4v) is 4.56. The van der Waals surface area contributed by atoms with Crippen LogP contribution in [0.1, 0.15) is 44.1 Å². The van der Waals surface area contributed by atoms with Gasteiger partial charge in [0, 0.05) is 38.3 Å². The van der Waals surface area contributed by atoms with Crippen LogP contribution in [0.2, 0.25) is 0 Å². The number of benzene rings is 1. The molecule has 6 nitrogen and oxygen atoms in total. The van der Waals surface area contributed by atoms with E-state index in [9.17, 15) is 0 Å². The number of ether oxygens (including phenoxy) is 3. The normalized spacial score (nSPS) is 18.6. The topological polar surface area (TPSA) is 55.3 Å². The Morgan fingerprint density at radius 1 is 1.00 bits per heavy atom. The number of hydrogen-bond acceptors (Lipinski definition) is 4. The molecule has 1 N–H and O–H groups in total. The Labute approximate surface area is 186 Å². The Bertz CT molecular complexity index is 675. The summed E-state index contributed by atoms with van der Waals surface area (Å²) in [4.78, 5) is 6.94. The number of hydrogen-bond donors (Lipinski definition) is 1. The number of guanidine groups is 1. The molecule has 0 aromatic heterocycles. The first-order valence-electron chi connectivity index (χ1n) is 9.89. The third kappa shape index (κ3) is 4.96. The van der Waals surface area contributed by atoms with Crippen molar-refractivity contribution in [2.24, 2.45) is 10.4 Å². The van der Waals surface area contributed by atoms with E-state index >= 15 is 0 Å². The Balaban J connectivity index is 0.00000280. The Kier molecular flexibility index (Phi) is 8.52. The molecule has 158 valence electrons. The lowest BCUT2D eigenvalue weighted by molar-refractivity contribution is 0.203. The molecular formula is C21H34IN3O3. The SMILES string of the molecule is CN=C(NCc1cc(OC)c(OC)cc1OC)N1CCC2(CCCCC2)C1.I. The lowest BCUT2D eigenvalue weighted by Crippen LogP contribution is -2.41. The molecule has 1 aliphatic carbocycles. The first-order valence-corrected chi connectivity index (χ1v) is 9.89. The maximum absolute atomic E-state index is 5.54. The molecule has 1 aliphatic heterocycles. The van der Waals surface area contributed by atoms with Crippen molar-refractivity contribution < 1.29 is 14.2 Å². The summed E-state index contributed by atoms with van der Waals surface area (Å²) < 4.78 is 16.3. The molecule has 0 atom stereocenters. The summed E-state index contributed by atoms with van der Waals surface area (Å²) in [6, 6.07) is 3.83. The summed E-state index contributed by atoms with van der Waals surface area (Å²) in [5.74, 6) is 3.11. The molecule has 1 heterocycles. The molecule has 1 saturated carbocycles. The van der Waals surface area contributed by atoms with Crippen LogP contribution in [0.5, 0.6) is 17.2 Å². The van der Waals surface area contributed by atoms with Crippen molar-refractivity contribution in [3.8, 4) is 17.2 Å². The minimum Gasteiger partial charge on any atom is -0.496 e. The molecule has 0 unspecified atom stereocenters. The summed E-state index contributed by atoms with van der Waals surface area (Å²) in [5.41, 5.74) is 1.53. The van der Waals surface area contributed by atoms with Gasteiger partial charge in [-0.1, -0.05) is 19.3 Å². The van der Waals surface area contributed by atoms with E-state index in [4.69, 9.17) is 14.2 Å². The maximum Gasteiger partial charge on any atom is 0.193 e. The van der Waals surface area contributed by atoms with E-state index in [1.165, 1.54) is 38.5 Å². The monoisotopic (exact) mass is 503 g/mol. The van der Waals surface area contributed by atoms with E-state index in [-0.39, 0.29) is 24.0 Å². The largest absolute Gasteiger partial charge is 0.496 e. The highest BCUT2D eigenvalue weighted by Gasteiger charge is 2.39. The number of halogens is 1. The van der Waals surface area contributed by atoms with Gasteiger partial charge in [0.1, 0.15) is 5.75 Å². The smallest absolute Gasteiger partial charge is 0.193 e. The fourth-order valence-electron chi connectivity index (χ4n) is 4.56. The van der Waals surface area contributed by atoms with Crippen LogP contribution in [0.15, 0.2) is 17.1 Å². The van der Waals surface area contributed by atoms with E-state index in [2.05, 4.69) is 15.2 Å². The van der Waals surface area contributed by atoms with Crippen molar-refractivity contribution in [1.82, 2.24) is 10.2 Å². The average molecular weight is 503 g/mol. The highest BCUT2D eigenvalue weighted by atomic mass is 127. The zero-order chi connectivity index (χ0) is 19.3. The predicted octanol–water partition coefficient (Wildman–Crippen LogP) is 4.06. The van der Waals surface area contributed by atoms with Crippen LogP contribution in [-0.4, -0.2) is 52.3 Å². The van der Waals surface area contributed by atoms with Crippen LogP contribution in [0, 0.1) is 5.41 Å². The zero-order valence-electron chi connectivity index (χ0n) is 17.5. The average Bonchev–Trinajstić information content (AvgIpc) is 3.11. The van der Waals surface area contributed by atoms with E-state index < -0.39 is 0 Å². The molecule has 1 aromatic rings. The van der Waals surface area contributed by atoms with Gasteiger partial charge in [-0.05, 0) is 30.7 Å². The van der Waals surface area contributed by atoms with Gasteiger partial charge in [-0.25, -0.2) is 0 Å². The van der Waals surface area contributed by atoms with Gasteiger partial charge < -0.3 is 24.4 Å². The molecule has 0 radical (unpaired) electrons. The van der Waals surface area contributed by atoms with Crippen molar-refractivity contribution in [1.29, 1.82) is 0 Å². The van der Waals surface area contributed by atoms with E-state index in [0.717, 1.165) is 30.4 Å². The minimum atomic E-state index is 0. The van der Waals surface area contributed by atoms with Crippen molar-refractivity contribution in [3.05, 3.63) is 17.7 Å². The second kappa shape index (κ2) is 10.4. The highest BCUT2D eigenvalue weighted by Crippen LogP contribution is 2.43. The van der Waals surface area contributed by atoms with Gasteiger partial charge in [0.05, 0.1) is 21.3 Å². The first-order chi connectivity index (χ1) is 13.1. The number of nitrogens with one attached hydrogen (secondary N) is 1. The van der Waals surface area contributed by atoms with Crippen LogP contribution in [0.3, 0.4) is 0 Å². The third-order valence-corrected chi connectivity index (χ3v) is 6.09. The van der Waals surface area contributed by atoms with Gasteiger partial charge in [0.25, 0.3) is 0 Å². The Morgan fingerprint density at radius 3 is 2.25 bits per heavy atom. The van der Waals surface area contributed by atoms with Crippen LogP contribution in [-0.2, 0) is 6.54 Å². The summed E-state index contributed by atoms with van der Waals surface area (Å²) in [5, 5.41) is 3.51. The van der Waals surface area contributed by atoms with Gasteiger partial charge >= 0.3 is 0 Å². The van der Waals surface area contributed by atoms with Crippen LogP contribution >= 0.6 is 24.0 Å². The van der Waals surface area contributed by atoms with Gasteiger partial charge in [-0.2, -0.15) is 0 Å². The van der Waals surface area contributed by atoms with Gasteiger partial charge in [0.2, 0.25) is 0 Å². The molecule has 2 aliphatic rings. The molecule has 7 heteroatoms. The molecule has 2 fully saturated rings. The van der Waals surface area contributed by atoms with E-state index in [1.54, 1.807) is 21.3 Å². The number of nitrogens with zero attached hydrogens (tertiary/aromatic N) is 2. The zero-order valence-corrected chi connectivity index (χ0v) is 19.9. The number of likely N-dealkylation sites (tertiary alicyclic amines) is 1. The molecule has 1 saturated heterocycles. The first kappa shape index (κ1) is 22.9. The lowest BCUT2D eigenvalue weighted by atomic mass is 9.73. The van der Waals surface area contributed by atoms with Crippen LogP contribution in [0.4, 0.5) is 0 Å². The summed E-state index contributed by atoms with van der Waals surface area (Å²) in [6.07, 6.45) is 8.17. The van der Waals surface area contributed by atoms with Gasteiger partial charge in [-0.3, -0.25) is 4.99 Å². The summed E-state index contributed by atoms with van der Waals surface area (Å²) >= 11 is 0. The second-order valence-electron chi connectivity index (χ2n) is 7.65. The molecule has 1 aromatic carbocycles. The lowest BCUT2D eigenvalue weighted by Gasteiger charge is -2.33. The molecular weight excluding hydrogens is 469 g/mol. The number of aliphatic imine (C=N–C) groups is 1. The number of rotatable bonds is 5. The van der Waals surface area contributed by atoms with Gasteiger partial charge in [-0.15, -0.1) is 24.0 Å². The van der Waals surface area contributed by atoms with E-state index in [0.29, 0.717) is 23.5 Å².